The molecule has 0 radical (unpaired) electrons. The van der Waals surface area contributed by atoms with E-state index in [0.717, 1.165) is 0 Å². The highest BCUT2D eigenvalue weighted by atomic mass is 16.7. The number of aliphatic hydroxyl groups is 3. The zero-order valence-corrected chi connectivity index (χ0v) is 12.5. The van der Waals surface area contributed by atoms with Crippen LogP contribution in [0.15, 0.2) is 0 Å². The standard InChI is InChI=1S/C14H26O6/c1-7-5-10(12(15)8(2)18-7)20-11-6-14(4,17)13(16)9(3)19-11/h7-13,15-17H,5-6H2,1-4H3/t7-,8?,9?,10-,11-,12-,13+,14-/m0/s1. The molecule has 6 heteroatoms. The molecule has 0 spiro atoms. The Morgan fingerprint density at radius 3 is 2.35 bits per heavy atom. The van der Waals surface area contributed by atoms with Crippen LogP contribution in [0.25, 0.3) is 0 Å². The van der Waals surface area contributed by atoms with Crippen molar-refractivity contribution in [1.82, 2.24) is 0 Å². The maximum Gasteiger partial charge on any atom is 0.161 e. The van der Waals surface area contributed by atoms with Crippen LogP contribution in [0.5, 0.6) is 0 Å². The molecule has 0 aromatic heterocycles. The van der Waals surface area contributed by atoms with Crippen molar-refractivity contribution in [2.45, 2.75) is 89.1 Å². The van der Waals surface area contributed by atoms with Crippen LogP contribution in [-0.2, 0) is 14.2 Å². The molecule has 2 aliphatic heterocycles. The summed E-state index contributed by atoms with van der Waals surface area (Å²) >= 11 is 0. The van der Waals surface area contributed by atoms with Gasteiger partial charge in [0.25, 0.3) is 0 Å². The summed E-state index contributed by atoms with van der Waals surface area (Å²) in [5.74, 6) is 0. The van der Waals surface area contributed by atoms with E-state index in [4.69, 9.17) is 14.2 Å². The van der Waals surface area contributed by atoms with Gasteiger partial charge < -0.3 is 29.5 Å². The van der Waals surface area contributed by atoms with Crippen molar-refractivity contribution in [3.05, 3.63) is 0 Å². The van der Waals surface area contributed by atoms with Gasteiger partial charge in [0.05, 0.1) is 30.0 Å². The molecular formula is C14H26O6. The largest absolute Gasteiger partial charge is 0.388 e. The molecule has 2 aliphatic rings. The smallest absolute Gasteiger partial charge is 0.161 e. The highest BCUT2D eigenvalue weighted by Crippen LogP contribution is 2.32. The van der Waals surface area contributed by atoms with Gasteiger partial charge in [0.2, 0.25) is 0 Å². The van der Waals surface area contributed by atoms with Crippen molar-refractivity contribution >= 4 is 0 Å². The van der Waals surface area contributed by atoms with Crippen LogP contribution >= 0.6 is 0 Å². The van der Waals surface area contributed by atoms with E-state index in [1.165, 1.54) is 0 Å². The molecule has 2 rings (SSSR count). The quantitative estimate of drug-likeness (QED) is 0.672. The van der Waals surface area contributed by atoms with Crippen molar-refractivity contribution in [1.29, 1.82) is 0 Å². The SMILES string of the molecule is CC1O[C@@H](O[C@H]2C[C@H](C)OC(C)[C@@H]2O)C[C@](C)(O)[C@@H]1O. The molecule has 2 heterocycles. The third-order valence-corrected chi connectivity index (χ3v) is 4.23. The van der Waals surface area contributed by atoms with Crippen molar-refractivity contribution in [3.63, 3.8) is 0 Å². The zero-order valence-electron chi connectivity index (χ0n) is 12.5. The fourth-order valence-corrected chi connectivity index (χ4v) is 3.01. The van der Waals surface area contributed by atoms with Crippen LogP contribution in [0.1, 0.15) is 40.5 Å². The van der Waals surface area contributed by atoms with Gasteiger partial charge in [0, 0.05) is 12.8 Å². The Hall–Kier alpha value is -0.240. The minimum absolute atomic E-state index is 0.00511. The Bertz CT molecular complexity index is 334. The zero-order chi connectivity index (χ0) is 15.1. The summed E-state index contributed by atoms with van der Waals surface area (Å²) in [6.07, 6.45) is -2.76. The van der Waals surface area contributed by atoms with Gasteiger partial charge in [-0.25, -0.2) is 0 Å². The van der Waals surface area contributed by atoms with Gasteiger partial charge in [-0.1, -0.05) is 0 Å². The van der Waals surface area contributed by atoms with E-state index >= 15 is 0 Å². The lowest BCUT2D eigenvalue weighted by molar-refractivity contribution is -0.302. The van der Waals surface area contributed by atoms with Gasteiger partial charge in [-0.3, -0.25) is 0 Å². The van der Waals surface area contributed by atoms with Gasteiger partial charge in [-0.05, 0) is 27.7 Å². The second-order valence-corrected chi connectivity index (χ2v) is 6.33. The Labute approximate surface area is 119 Å². The van der Waals surface area contributed by atoms with Gasteiger partial charge in [0.15, 0.2) is 6.29 Å². The first-order valence-corrected chi connectivity index (χ1v) is 7.25. The monoisotopic (exact) mass is 290 g/mol. The second kappa shape index (κ2) is 5.87. The minimum atomic E-state index is -1.25. The molecule has 3 N–H and O–H groups in total. The van der Waals surface area contributed by atoms with E-state index in [1.807, 2.05) is 6.92 Å². The Balaban J connectivity index is 1.99. The topological polar surface area (TPSA) is 88.4 Å². The molecule has 0 aromatic rings. The van der Waals surface area contributed by atoms with Crippen molar-refractivity contribution < 1.29 is 29.5 Å². The van der Waals surface area contributed by atoms with Crippen molar-refractivity contribution in [3.8, 4) is 0 Å². The molecule has 2 saturated heterocycles. The average molecular weight is 290 g/mol. The normalized spacial score (nSPS) is 53.9. The Kier molecular flexibility index (Phi) is 4.73. The van der Waals surface area contributed by atoms with Crippen LogP contribution in [0.3, 0.4) is 0 Å². The molecule has 0 saturated carbocycles. The van der Waals surface area contributed by atoms with Gasteiger partial charge in [-0.15, -0.1) is 0 Å². The first kappa shape index (κ1) is 16.1. The van der Waals surface area contributed by atoms with Crippen LogP contribution in [-0.4, -0.2) is 63.8 Å². The molecular weight excluding hydrogens is 264 g/mol. The molecule has 0 aromatic carbocycles. The molecule has 20 heavy (non-hydrogen) atoms. The number of rotatable bonds is 2. The highest BCUT2D eigenvalue weighted by molar-refractivity contribution is 4.92. The molecule has 2 fully saturated rings. The minimum Gasteiger partial charge on any atom is -0.388 e. The van der Waals surface area contributed by atoms with Gasteiger partial charge in [-0.2, -0.15) is 0 Å². The molecule has 0 amide bonds. The second-order valence-electron chi connectivity index (χ2n) is 6.33. The van der Waals surface area contributed by atoms with Gasteiger partial charge >= 0.3 is 0 Å². The summed E-state index contributed by atoms with van der Waals surface area (Å²) < 4.78 is 16.9. The summed E-state index contributed by atoms with van der Waals surface area (Å²) in [5.41, 5.74) is -1.25. The summed E-state index contributed by atoms with van der Waals surface area (Å²) in [4.78, 5) is 0. The number of hydrogen-bond acceptors (Lipinski definition) is 6. The summed E-state index contributed by atoms with van der Waals surface area (Å²) in [5, 5.41) is 30.2. The van der Waals surface area contributed by atoms with E-state index in [-0.39, 0.29) is 18.6 Å². The lowest BCUT2D eigenvalue weighted by Gasteiger charge is -2.44. The average Bonchev–Trinajstić information content (AvgIpc) is 2.32. The Morgan fingerprint density at radius 1 is 1.10 bits per heavy atom. The Morgan fingerprint density at radius 2 is 1.75 bits per heavy atom. The number of ether oxygens (including phenoxy) is 3. The first-order chi connectivity index (χ1) is 9.20. The highest BCUT2D eigenvalue weighted by Gasteiger charge is 2.45. The summed E-state index contributed by atoms with van der Waals surface area (Å²) in [7, 11) is 0. The third-order valence-electron chi connectivity index (χ3n) is 4.23. The van der Waals surface area contributed by atoms with E-state index in [1.54, 1.807) is 20.8 Å². The fourth-order valence-electron chi connectivity index (χ4n) is 3.01. The predicted octanol–water partition coefficient (Wildman–Crippen LogP) is 0.177. The molecule has 0 aliphatic carbocycles. The van der Waals surface area contributed by atoms with Crippen molar-refractivity contribution in [2.75, 3.05) is 0 Å². The molecule has 8 atom stereocenters. The van der Waals surface area contributed by atoms with Crippen LogP contribution in [0.2, 0.25) is 0 Å². The number of hydrogen-bond donors (Lipinski definition) is 3. The van der Waals surface area contributed by atoms with E-state index in [0.29, 0.717) is 6.42 Å². The maximum atomic E-state index is 10.2. The first-order valence-electron chi connectivity index (χ1n) is 7.25. The van der Waals surface area contributed by atoms with E-state index in [2.05, 4.69) is 0 Å². The molecule has 0 bridgehead atoms. The predicted molar refractivity (Wildman–Crippen MR) is 71.1 cm³/mol. The lowest BCUT2D eigenvalue weighted by atomic mass is 9.89. The van der Waals surface area contributed by atoms with Crippen LogP contribution < -0.4 is 0 Å². The van der Waals surface area contributed by atoms with E-state index < -0.39 is 36.3 Å². The molecule has 118 valence electrons. The molecule has 6 nitrogen and oxygen atoms in total. The summed E-state index contributed by atoms with van der Waals surface area (Å²) in [6, 6.07) is 0. The number of aliphatic hydroxyl groups excluding tert-OH is 2. The fraction of sp³-hybridized carbons (Fsp3) is 1.00. The maximum absolute atomic E-state index is 10.2. The molecule has 2 unspecified atom stereocenters. The third kappa shape index (κ3) is 3.32. The van der Waals surface area contributed by atoms with Crippen LogP contribution in [0, 0.1) is 0 Å². The van der Waals surface area contributed by atoms with Gasteiger partial charge in [0.1, 0.15) is 12.2 Å². The lowest BCUT2D eigenvalue weighted by Crippen LogP contribution is -2.57. The van der Waals surface area contributed by atoms with Crippen molar-refractivity contribution in [2.24, 2.45) is 0 Å². The summed E-state index contributed by atoms with van der Waals surface area (Å²) in [6.45, 7) is 7.00. The van der Waals surface area contributed by atoms with Crippen LogP contribution in [0.4, 0.5) is 0 Å². The van der Waals surface area contributed by atoms with E-state index in [9.17, 15) is 15.3 Å².